The maximum Gasteiger partial charge on any atom is 0.181 e. The number of ketones is 2. The number of hydrogen-bond donors (Lipinski definition) is 4. The van der Waals surface area contributed by atoms with Crippen molar-refractivity contribution in [3.8, 4) is 0 Å². The zero-order valence-corrected chi connectivity index (χ0v) is 15.3. The number of nitrogens with two attached hydrogens (primary N) is 2. The molecule has 0 aliphatic carbocycles. The van der Waals surface area contributed by atoms with Gasteiger partial charge in [-0.15, -0.1) is 0 Å². The molecular weight excluding hydrogens is 352 g/mol. The highest BCUT2D eigenvalue weighted by Crippen LogP contribution is 2.16. The lowest BCUT2D eigenvalue weighted by Crippen LogP contribution is -2.15. The summed E-state index contributed by atoms with van der Waals surface area (Å²) in [5.74, 6) is -0.0613. The molecule has 0 aromatic heterocycles. The lowest BCUT2D eigenvalue weighted by Gasteiger charge is -2.10. The lowest BCUT2D eigenvalue weighted by atomic mass is 10.1. The number of rotatable bonds is 8. The molecular formula is C22H22N4O2. The average molecular weight is 374 g/mol. The predicted octanol–water partition coefficient (Wildman–Crippen LogP) is 3.44. The van der Waals surface area contributed by atoms with Crippen LogP contribution in [0.3, 0.4) is 0 Å². The van der Waals surface area contributed by atoms with Crippen LogP contribution < -0.4 is 22.1 Å². The summed E-state index contributed by atoms with van der Waals surface area (Å²) in [6.45, 7) is 0.329. The van der Waals surface area contributed by atoms with Gasteiger partial charge in [0.1, 0.15) is 0 Å². The van der Waals surface area contributed by atoms with Crippen LogP contribution in [-0.2, 0) is 0 Å². The maximum atomic E-state index is 12.2. The van der Waals surface area contributed by atoms with Gasteiger partial charge in [0.15, 0.2) is 11.6 Å². The van der Waals surface area contributed by atoms with Gasteiger partial charge < -0.3 is 22.1 Å². The molecule has 3 rings (SSSR count). The van der Waals surface area contributed by atoms with Crippen LogP contribution in [0.2, 0.25) is 0 Å². The van der Waals surface area contributed by atoms with Gasteiger partial charge in [0.25, 0.3) is 0 Å². The summed E-state index contributed by atoms with van der Waals surface area (Å²) in [5, 5.41) is 6.21. The molecule has 3 aromatic rings. The zero-order valence-electron chi connectivity index (χ0n) is 15.3. The van der Waals surface area contributed by atoms with E-state index < -0.39 is 0 Å². The molecule has 6 heteroatoms. The summed E-state index contributed by atoms with van der Waals surface area (Å²) in [6.07, 6.45) is 0. The van der Waals surface area contributed by atoms with Crippen molar-refractivity contribution in [1.29, 1.82) is 0 Å². The van der Waals surface area contributed by atoms with Crippen molar-refractivity contribution in [3.63, 3.8) is 0 Å². The van der Waals surface area contributed by atoms with E-state index in [0.717, 1.165) is 11.4 Å². The molecule has 3 aromatic carbocycles. The van der Waals surface area contributed by atoms with Crippen LogP contribution in [-0.4, -0.2) is 24.7 Å². The van der Waals surface area contributed by atoms with Crippen LogP contribution in [0.15, 0.2) is 72.8 Å². The van der Waals surface area contributed by atoms with Gasteiger partial charge in [-0.25, -0.2) is 0 Å². The zero-order chi connectivity index (χ0) is 19.9. The van der Waals surface area contributed by atoms with Crippen LogP contribution in [0.5, 0.6) is 0 Å². The van der Waals surface area contributed by atoms with E-state index in [9.17, 15) is 9.59 Å². The molecule has 0 amide bonds. The summed E-state index contributed by atoms with van der Waals surface area (Å²) in [7, 11) is 0. The van der Waals surface area contributed by atoms with Crippen molar-refractivity contribution in [2.75, 3.05) is 35.2 Å². The number of carbonyl (C=O) groups is 2. The lowest BCUT2D eigenvalue weighted by molar-refractivity contribution is 0.0998. The van der Waals surface area contributed by atoms with Crippen molar-refractivity contribution in [3.05, 3.63) is 83.9 Å². The summed E-state index contributed by atoms with van der Waals surface area (Å²) in [5.41, 5.74) is 15.3. The molecule has 6 N–H and O–H groups in total. The Balaban J connectivity index is 1.54. The van der Waals surface area contributed by atoms with Gasteiger partial charge in [-0.3, -0.25) is 9.59 Å². The van der Waals surface area contributed by atoms with Gasteiger partial charge in [0, 0.05) is 33.9 Å². The Labute approximate surface area is 163 Å². The molecule has 0 radical (unpaired) electrons. The van der Waals surface area contributed by atoms with Gasteiger partial charge in [-0.1, -0.05) is 6.07 Å². The van der Waals surface area contributed by atoms with Gasteiger partial charge in [-0.05, 0) is 66.7 Å². The minimum absolute atomic E-state index is 0.0307. The van der Waals surface area contributed by atoms with Crippen LogP contribution in [0.1, 0.15) is 20.7 Å². The second kappa shape index (κ2) is 8.73. The van der Waals surface area contributed by atoms with E-state index in [1.807, 2.05) is 24.3 Å². The first-order chi connectivity index (χ1) is 13.5. The molecule has 0 aliphatic heterocycles. The minimum Gasteiger partial charge on any atom is -0.399 e. The number of carbonyl (C=O) groups excluding carboxylic acids is 2. The highest BCUT2D eigenvalue weighted by atomic mass is 16.1. The second-order valence-corrected chi connectivity index (χ2v) is 6.38. The molecule has 0 bridgehead atoms. The second-order valence-electron chi connectivity index (χ2n) is 6.38. The van der Waals surface area contributed by atoms with E-state index in [-0.39, 0.29) is 24.7 Å². The van der Waals surface area contributed by atoms with Crippen molar-refractivity contribution in [1.82, 2.24) is 0 Å². The molecule has 0 spiro atoms. The number of anilines is 4. The Morgan fingerprint density at radius 1 is 0.643 bits per heavy atom. The Morgan fingerprint density at radius 2 is 1.04 bits per heavy atom. The van der Waals surface area contributed by atoms with Crippen LogP contribution in [0.4, 0.5) is 22.7 Å². The predicted molar refractivity (Wildman–Crippen MR) is 114 cm³/mol. The minimum atomic E-state index is -0.0307. The molecule has 0 aliphatic rings. The summed E-state index contributed by atoms with van der Waals surface area (Å²) in [4.78, 5) is 24.5. The number of hydrogen-bond acceptors (Lipinski definition) is 6. The standard InChI is InChI=1S/C22H22N4O2/c23-17-8-4-15(5-9-17)21(27)13-25-19-2-1-3-20(12-19)26-14-22(28)16-6-10-18(24)11-7-16/h1-12,25-26H,13-14,23-24H2. The van der Waals surface area contributed by atoms with Crippen LogP contribution in [0.25, 0.3) is 0 Å². The molecule has 0 saturated carbocycles. The average Bonchev–Trinajstić information content (AvgIpc) is 2.71. The van der Waals surface area contributed by atoms with Crippen LogP contribution >= 0.6 is 0 Å². The molecule has 0 saturated heterocycles. The third-order valence-electron chi connectivity index (χ3n) is 4.23. The van der Waals surface area contributed by atoms with Crippen molar-refractivity contribution < 1.29 is 9.59 Å². The van der Waals surface area contributed by atoms with E-state index in [4.69, 9.17) is 11.5 Å². The summed E-state index contributed by atoms with van der Waals surface area (Å²) in [6, 6.07) is 21.1. The molecule has 0 atom stereocenters. The fraction of sp³-hybridized carbons (Fsp3) is 0.0909. The molecule has 0 unspecified atom stereocenters. The monoisotopic (exact) mass is 374 g/mol. The first kappa shape index (κ1) is 19.0. The van der Waals surface area contributed by atoms with Gasteiger partial charge >= 0.3 is 0 Å². The van der Waals surface area contributed by atoms with Crippen molar-refractivity contribution in [2.45, 2.75) is 0 Å². The van der Waals surface area contributed by atoms with E-state index in [0.29, 0.717) is 22.5 Å². The van der Waals surface area contributed by atoms with Gasteiger partial charge in [0.2, 0.25) is 0 Å². The van der Waals surface area contributed by atoms with Crippen molar-refractivity contribution in [2.24, 2.45) is 0 Å². The highest BCUT2D eigenvalue weighted by molar-refractivity contribution is 6.00. The van der Waals surface area contributed by atoms with E-state index in [1.165, 1.54) is 0 Å². The van der Waals surface area contributed by atoms with E-state index in [2.05, 4.69) is 10.6 Å². The molecule has 0 heterocycles. The fourth-order valence-electron chi connectivity index (χ4n) is 2.65. The summed E-state index contributed by atoms with van der Waals surface area (Å²) < 4.78 is 0. The first-order valence-electron chi connectivity index (χ1n) is 8.86. The number of nitrogen functional groups attached to an aromatic ring is 2. The molecule has 142 valence electrons. The van der Waals surface area contributed by atoms with Crippen LogP contribution in [0, 0.1) is 0 Å². The Kier molecular flexibility index (Phi) is 5.91. The normalized spacial score (nSPS) is 10.3. The topological polar surface area (TPSA) is 110 Å². The molecule has 28 heavy (non-hydrogen) atoms. The maximum absolute atomic E-state index is 12.2. The Morgan fingerprint density at radius 3 is 1.43 bits per heavy atom. The van der Waals surface area contributed by atoms with Crippen molar-refractivity contribution >= 4 is 34.3 Å². The smallest absolute Gasteiger partial charge is 0.181 e. The third-order valence-corrected chi connectivity index (χ3v) is 4.23. The Hall–Kier alpha value is -3.80. The number of benzene rings is 3. The molecule has 6 nitrogen and oxygen atoms in total. The Bertz CT molecular complexity index is 890. The first-order valence-corrected chi connectivity index (χ1v) is 8.86. The third kappa shape index (κ3) is 5.11. The van der Waals surface area contributed by atoms with E-state index in [1.54, 1.807) is 48.5 Å². The fourth-order valence-corrected chi connectivity index (χ4v) is 2.65. The SMILES string of the molecule is Nc1ccc(C(=O)CNc2cccc(NCC(=O)c3ccc(N)cc3)c2)cc1. The molecule has 0 fully saturated rings. The quantitative estimate of drug-likeness (QED) is 0.355. The highest BCUT2D eigenvalue weighted by Gasteiger charge is 2.07. The van der Waals surface area contributed by atoms with Gasteiger partial charge in [-0.2, -0.15) is 0 Å². The largest absolute Gasteiger partial charge is 0.399 e. The van der Waals surface area contributed by atoms with Gasteiger partial charge in [0.05, 0.1) is 13.1 Å². The summed E-state index contributed by atoms with van der Waals surface area (Å²) >= 11 is 0. The van der Waals surface area contributed by atoms with E-state index >= 15 is 0 Å². The number of Topliss-reactive ketones (excluding diaryl/α,β-unsaturated/α-hetero) is 2. The number of nitrogens with one attached hydrogen (secondary N) is 2.